The van der Waals surface area contributed by atoms with Crippen LogP contribution in [-0.4, -0.2) is 62.9 Å². The fourth-order valence-electron chi connectivity index (χ4n) is 2.95. The summed E-state index contributed by atoms with van der Waals surface area (Å²) in [4.78, 5) is 25.1. The molecular formula is C18H24F3N3O4S. The summed E-state index contributed by atoms with van der Waals surface area (Å²) >= 11 is 0. The van der Waals surface area contributed by atoms with Gasteiger partial charge >= 0.3 is 5.51 Å². The van der Waals surface area contributed by atoms with E-state index >= 15 is 0 Å². The average molecular weight is 435 g/mol. The van der Waals surface area contributed by atoms with E-state index < -0.39 is 26.1 Å². The second-order valence-electron chi connectivity index (χ2n) is 6.85. The quantitative estimate of drug-likeness (QED) is 0.680. The number of alkyl halides is 3. The van der Waals surface area contributed by atoms with Crippen LogP contribution in [0.4, 0.5) is 13.2 Å². The highest BCUT2D eigenvalue weighted by atomic mass is 32.2. The summed E-state index contributed by atoms with van der Waals surface area (Å²) in [5.41, 5.74) is -5.31. The lowest BCUT2D eigenvalue weighted by molar-refractivity contribution is -0.122. The number of nitrogens with zero attached hydrogens (tertiary/aromatic N) is 1. The van der Waals surface area contributed by atoms with E-state index in [1.54, 1.807) is 0 Å². The van der Waals surface area contributed by atoms with Crippen molar-refractivity contribution in [3.63, 3.8) is 0 Å². The smallest absolute Gasteiger partial charge is 0.355 e. The number of benzene rings is 1. The van der Waals surface area contributed by atoms with E-state index in [0.717, 1.165) is 30.7 Å². The van der Waals surface area contributed by atoms with Gasteiger partial charge in [0, 0.05) is 31.2 Å². The predicted molar refractivity (Wildman–Crippen MR) is 99.9 cm³/mol. The molecule has 162 valence electrons. The maximum absolute atomic E-state index is 12.6. The molecule has 2 rings (SSSR count). The van der Waals surface area contributed by atoms with Crippen molar-refractivity contribution >= 4 is 21.7 Å². The Labute approximate surface area is 167 Å². The number of hydrogen-bond donors (Lipinski definition) is 2. The van der Waals surface area contributed by atoms with Gasteiger partial charge in [0.25, 0.3) is 15.7 Å². The topological polar surface area (TPSA) is 95.6 Å². The molecule has 29 heavy (non-hydrogen) atoms. The highest BCUT2D eigenvalue weighted by Crippen LogP contribution is 2.30. The minimum Gasteiger partial charge on any atom is -0.355 e. The Morgan fingerprint density at radius 2 is 1.72 bits per heavy atom. The fraction of sp³-hybridized carbons (Fsp3) is 0.556. The minimum atomic E-state index is -5.44. The van der Waals surface area contributed by atoms with Gasteiger partial charge in [-0.15, -0.1) is 0 Å². The normalized spacial score (nSPS) is 16.4. The highest BCUT2D eigenvalue weighted by Gasteiger charge is 2.46. The number of carbonyl (C=O) groups is 2. The number of hydrogen-bond acceptors (Lipinski definition) is 5. The molecule has 0 unspecified atom stereocenters. The lowest BCUT2D eigenvalue weighted by Crippen LogP contribution is -2.47. The molecule has 1 aliphatic rings. The molecule has 1 saturated heterocycles. The first kappa shape index (κ1) is 23.1. The van der Waals surface area contributed by atoms with Crippen molar-refractivity contribution < 1.29 is 31.2 Å². The second-order valence-corrected chi connectivity index (χ2v) is 8.79. The van der Waals surface area contributed by atoms with Gasteiger partial charge in [-0.25, -0.2) is 8.42 Å². The van der Waals surface area contributed by atoms with E-state index in [-0.39, 0.29) is 17.5 Å². The number of piperidine rings is 1. The summed E-state index contributed by atoms with van der Waals surface area (Å²) in [6, 6.07) is 3.53. The molecule has 2 N–H and O–H groups in total. The molecule has 0 aromatic heterocycles. The van der Waals surface area contributed by atoms with Crippen molar-refractivity contribution in [3.8, 4) is 0 Å². The van der Waals surface area contributed by atoms with Crippen LogP contribution in [0.5, 0.6) is 0 Å². The van der Waals surface area contributed by atoms with Gasteiger partial charge in [0.1, 0.15) is 0 Å². The Balaban J connectivity index is 1.86. The minimum absolute atomic E-state index is 0.0387. The van der Waals surface area contributed by atoms with Crippen molar-refractivity contribution in [2.75, 3.05) is 26.2 Å². The van der Waals surface area contributed by atoms with Gasteiger partial charge in [-0.05, 0) is 43.5 Å². The molecule has 0 radical (unpaired) electrons. The molecule has 2 amide bonds. The van der Waals surface area contributed by atoms with Crippen molar-refractivity contribution in [2.24, 2.45) is 0 Å². The zero-order chi connectivity index (χ0) is 21.7. The Morgan fingerprint density at radius 3 is 2.24 bits per heavy atom. The van der Waals surface area contributed by atoms with E-state index in [0.29, 0.717) is 39.0 Å². The molecule has 7 nitrogen and oxygen atoms in total. The summed E-state index contributed by atoms with van der Waals surface area (Å²) in [6.07, 6.45) is 2.13. The van der Waals surface area contributed by atoms with Crippen LogP contribution in [0.3, 0.4) is 0 Å². The molecule has 0 spiro atoms. The third-order valence-electron chi connectivity index (χ3n) is 4.59. The number of rotatable bonds is 7. The zero-order valence-corrected chi connectivity index (χ0v) is 16.8. The number of likely N-dealkylation sites (tertiary alicyclic amines) is 1. The molecule has 11 heteroatoms. The number of halogens is 3. The van der Waals surface area contributed by atoms with E-state index in [9.17, 15) is 31.2 Å². The Bertz CT molecular complexity index is 818. The van der Waals surface area contributed by atoms with Crippen LogP contribution in [0.15, 0.2) is 29.2 Å². The molecule has 1 heterocycles. The van der Waals surface area contributed by atoms with Crippen molar-refractivity contribution in [1.82, 2.24) is 15.5 Å². The summed E-state index contributed by atoms with van der Waals surface area (Å²) < 4.78 is 60.4. The number of nitrogens with one attached hydrogen (secondary N) is 2. The lowest BCUT2D eigenvalue weighted by atomic mass is 10.0. The summed E-state index contributed by atoms with van der Waals surface area (Å²) in [7, 11) is -5.44. The first-order chi connectivity index (χ1) is 13.5. The SMILES string of the molecule is CCCNC(=O)CN1CCC(NC(=O)c2ccc(S(=O)(=O)C(F)(F)F)cc2)CC1. The van der Waals surface area contributed by atoms with Crippen molar-refractivity contribution in [1.29, 1.82) is 0 Å². The van der Waals surface area contributed by atoms with Gasteiger partial charge in [-0.3, -0.25) is 14.5 Å². The van der Waals surface area contributed by atoms with Gasteiger partial charge in [0.15, 0.2) is 0 Å². The van der Waals surface area contributed by atoms with Crippen LogP contribution >= 0.6 is 0 Å². The molecule has 1 aliphatic heterocycles. The first-order valence-corrected chi connectivity index (χ1v) is 10.7. The second kappa shape index (κ2) is 9.57. The predicted octanol–water partition coefficient (Wildman–Crippen LogP) is 1.70. The van der Waals surface area contributed by atoms with Gasteiger partial charge in [0.05, 0.1) is 11.4 Å². The maximum atomic E-state index is 12.6. The van der Waals surface area contributed by atoms with Crippen LogP contribution in [0, 0.1) is 0 Å². The first-order valence-electron chi connectivity index (χ1n) is 9.26. The molecule has 0 aliphatic carbocycles. The third kappa shape index (κ3) is 6.17. The molecule has 1 aromatic carbocycles. The highest BCUT2D eigenvalue weighted by molar-refractivity contribution is 7.92. The standard InChI is InChI=1S/C18H24F3N3O4S/c1-2-9-22-16(25)12-24-10-7-14(8-11-24)23-17(26)13-3-5-15(6-4-13)29(27,28)18(19,20)21/h3-6,14H,2,7-12H2,1H3,(H,22,25)(H,23,26). The summed E-state index contributed by atoms with van der Waals surface area (Å²) in [6.45, 7) is 4.17. The summed E-state index contributed by atoms with van der Waals surface area (Å²) in [5, 5.41) is 5.60. The Morgan fingerprint density at radius 1 is 1.14 bits per heavy atom. The van der Waals surface area contributed by atoms with Crippen molar-refractivity contribution in [2.45, 2.75) is 42.6 Å². The van der Waals surface area contributed by atoms with Gasteiger partial charge in [0.2, 0.25) is 5.91 Å². The Hall–Kier alpha value is -2.14. The van der Waals surface area contributed by atoms with E-state index in [4.69, 9.17) is 0 Å². The van der Waals surface area contributed by atoms with Crippen molar-refractivity contribution in [3.05, 3.63) is 29.8 Å². The average Bonchev–Trinajstić information content (AvgIpc) is 2.67. The Kier molecular flexibility index (Phi) is 7.64. The molecule has 0 bridgehead atoms. The van der Waals surface area contributed by atoms with Crippen LogP contribution in [0.25, 0.3) is 0 Å². The lowest BCUT2D eigenvalue weighted by Gasteiger charge is -2.31. The fourth-order valence-corrected chi connectivity index (χ4v) is 3.71. The molecular weight excluding hydrogens is 411 g/mol. The van der Waals surface area contributed by atoms with E-state index in [1.807, 2.05) is 11.8 Å². The van der Waals surface area contributed by atoms with Crippen LogP contribution in [0.1, 0.15) is 36.5 Å². The van der Waals surface area contributed by atoms with Crippen LogP contribution in [0.2, 0.25) is 0 Å². The largest absolute Gasteiger partial charge is 0.501 e. The molecule has 1 fully saturated rings. The molecule has 0 atom stereocenters. The molecule has 1 aromatic rings. The van der Waals surface area contributed by atoms with Crippen LogP contribution in [-0.2, 0) is 14.6 Å². The van der Waals surface area contributed by atoms with Gasteiger partial charge < -0.3 is 10.6 Å². The number of sulfone groups is 1. The number of amides is 2. The van der Waals surface area contributed by atoms with Gasteiger partial charge in [-0.1, -0.05) is 6.92 Å². The monoisotopic (exact) mass is 435 g/mol. The zero-order valence-electron chi connectivity index (χ0n) is 16.0. The number of carbonyl (C=O) groups excluding carboxylic acids is 2. The molecule has 0 saturated carbocycles. The summed E-state index contributed by atoms with van der Waals surface area (Å²) in [5.74, 6) is -0.525. The van der Waals surface area contributed by atoms with Crippen LogP contribution < -0.4 is 10.6 Å². The van der Waals surface area contributed by atoms with Gasteiger partial charge in [-0.2, -0.15) is 13.2 Å². The van der Waals surface area contributed by atoms with E-state index in [2.05, 4.69) is 10.6 Å². The third-order valence-corrected chi connectivity index (χ3v) is 6.10. The van der Waals surface area contributed by atoms with E-state index in [1.165, 1.54) is 0 Å². The maximum Gasteiger partial charge on any atom is 0.501 e.